The van der Waals surface area contributed by atoms with Crippen LogP contribution in [0.15, 0.2) is 42.5 Å². The number of benzene rings is 2. The van der Waals surface area contributed by atoms with Gasteiger partial charge in [0.05, 0.1) is 19.1 Å². The van der Waals surface area contributed by atoms with Gasteiger partial charge in [0.2, 0.25) is 0 Å². The molecule has 0 amide bonds. The van der Waals surface area contributed by atoms with Crippen LogP contribution in [0.4, 0.5) is 0 Å². The Balaban J connectivity index is 1.57. The largest absolute Gasteiger partial charge is 0.489 e. The third-order valence-electron chi connectivity index (χ3n) is 4.49. The van der Waals surface area contributed by atoms with Crippen molar-refractivity contribution in [2.45, 2.75) is 19.1 Å². The summed E-state index contributed by atoms with van der Waals surface area (Å²) >= 11 is 12.3. The highest BCUT2D eigenvalue weighted by atomic mass is 35.5. The Kier molecular flexibility index (Phi) is 6.96. The van der Waals surface area contributed by atoms with Gasteiger partial charge in [0, 0.05) is 35.2 Å². The van der Waals surface area contributed by atoms with Crippen molar-refractivity contribution in [1.29, 1.82) is 0 Å². The molecular formula is C20H21Cl2NO4. The van der Waals surface area contributed by atoms with Crippen LogP contribution in [0.3, 0.4) is 0 Å². The van der Waals surface area contributed by atoms with Gasteiger partial charge in [-0.1, -0.05) is 41.4 Å². The predicted octanol–water partition coefficient (Wildman–Crippen LogP) is 4.42. The Bertz CT molecular complexity index is 762. The van der Waals surface area contributed by atoms with Gasteiger partial charge in [-0.15, -0.1) is 0 Å². The zero-order chi connectivity index (χ0) is 19.2. The molecule has 0 radical (unpaired) electrons. The molecule has 0 aliphatic carbocycles. The van der Waals surface area contributed by atoms with Crippen molar-refractivity contribution in [1.82, 2.24) is 4.90 Å². The van der Waals surface area contributed by atoms with Crippen molar-refractivity contribution < 1.29 is 19.4 Å². The molecule has 7 heteroatoms. The van der Waals surface area contributed by atoms with Crippen LogP contribution >= 0.6 is 23.2 Å². The number of hydrogen-bond acceptors (Lipinski definition) is 4. The molecule has 1 fully saturated rings. The Labute approximate surface area is 168 Å². The van der Waals surface area contributed by atoms with E-state index in [2.05, 4.69) is 4.90 Å². The van der Waals surface area contributed by atoms with E-state index in [1.165, 1.54) is 0 Å². The summed E-state index contributed by atoms with van der Waals surface area (Å²) in [7, 11) is 0. The van der Waals surface area contributed by atoms with E-state index in [0.29, 0.717) is 42.1 Å². The minimum absolute atomic E-state index is 0.0698. The van der Waals surface area contributed by atoms with Gasteiger partial charge in [-0.25, -0.2) is 0 Å². The van der Waals surface area contributed by atoms with Gasteiger partial charge in [0.25, 0.3) is 0 Å². The highest BCUT2D eigenvalue weighted by Crippen LogP contribution is 2.27. The summed E-state index contributed by atoms with van der Waals surface area (Å²) in [6.07, 6.45) is 0.0732. The Hall–Kier alpha value is -1.79. The van der Waals surface area contributed by atoms with Crippen LogP contribution in [0, 0.1) is 0 Å². The predicted molar refractivity (Wildman–Crippen MR) is 105 cm³/mol. The van der Waals surface area contributed by atoms with Crippen LogP contribution < -0.4 is 4.74 Å². The van der Waals surface area contributed by atoms with Crippen LogP contribution in [-0.4, -0.2) is 42.2 Å². The smallest absolute Gasteiger partial charge is 0.304 e. The summed E-state index contributed by atoms with van der Waals surface area (Å²) in [5.74, 6) is -0.0635. The number of nitrogens with zero attached hydrogens (tertiary/aromatic N) is 1. The lowest BCUT2D eigenvalue weighted by molar-refractivity contribution is -0.137. The van der Waals surface area contributed by atoms with Crippen molar-refractivity contribution in [3.8, 4) is 5.75 Å². The molecule has 1 heterocycles. The third-order valence-corrected chi connectivity index (χ3v) is 5.20. The minimum atomic E-state index is -0.779. The molecular weight excluding hydrogens is 389 g/mol. The molecule has 1 atom stereocenters. The summed E-state index contributed by atoms with van der Waals surface area (Å²) in [6.45, 7) is 2.86. The highest BCUT2D eigenvalue weighted by Gasteiger charge is 2.22. The molecule has 0 bridgehead atoms. The molecule has 1 N–H and O–H groups in total. The van der Waals surface area contributed by atoms with Gasteiger partial charge in [0.1, 0.15) is 12.4 Å². The van der Waals surface area contributed by atoms with E-state index in [4.69, 9.17) is 37.8 Å². The fraction of sp³-hybridized carbons (Fsp3) is 0.350. The van der Waals surface area contributed by atoms with Gasteiger partial charge in [-0.05, 0) is 29.8 Å². The van der Waals surface area contributed by atoms with E-state index in [9.17, 15) is 4.79 Å². The maximum atomic E-state index is 10.7. The number of ether oxygens (including phenoxy) is 2. The van der Waals surface area contributed by atoms with Gasteiger partial charge in [-0.3, -0.25) is 9.69 Å². The lowest BCUT2D eigenvalue weighted by Crippen LogP contribution is -2.39. The maximum Gasteiger partial charge on any atom is 0.304 e. The van der Waals surface area contributed by atoms with Crippen molar-refractivity contribution in [3.63, 3.8) is 0 Å². The molecule has 1 aliphatic heterocycles. The Morgan fingerprint density at radius 1 is 1.19 bits per heavy atom. The summed E-state index contributed by atoms with van der Waals surface area (Å²) < 4.78 is 11.6. The highest BCUT2D eigenvalue weighted by molar-refractivity contribution is 6.35. The van der Waals surface area contributed by atoms with E-state index in [-0.39, 0.29) is 12.5 Å². The maximum absolute atomic E-state index is 10.7. The number of halogens is 2. The summed E-state index contributed by atoms with van der Waals surface area (Å²) in [5.41, 5.74) is 1.80. The second-order valence-corrected chi connectivity index (χ2v) is 7.18. The first-order valence-corrected chi connectivity index (χ1v) is 9.50. The molecule has 2 aromatic rings. The third kappa shape index (κ3) is 5.59. The van der Waals surface area contributed by atoms with E-state index < -0.39 is 5.97 Å². The number of carboxylic acid groups (broad SMARTS) is 1. The zero-order valence-electron chi connectivity index (χ0n) is 14.7. The van der Waals surface area contributed by atoms with Crippen LogP contribution in [0.25, 0.3) is 0 Å². The van der Waals surface area contributed by atoms with Gasteiger partial charge < -0.3 is 14.6 Å². The molecule has 3 rings (SSSR count). The molecule has 0 spiro atoms. The quantitative estimate of drug-likeness (QED) is 0.733. The van der Waals surface area contributed by atoms with E-state index in [1.54, 1.807) is 18.2 Å². The Morgan fingerprint density at radius 3 is 2.56 bits per heavy atom. The SMILES string of the molecule is O=C(O)CCN1CCO[C@@H](c2ccc(OCc3c(Cl)cccc3Cl)cc2)C1. The summed E-state index contributed by atoms with van der Waals surface area (Å²) in [5, 5.41) is 10.00. The molecule has 0 saturated carbocycles. The standard InChI is InChI=1S/C20H21Cl2NO4/c21-17-2-1-3-18(22)16(17)13-27-15-6-4-14(5-7-15)19-12-23(10-11-26-19)9-8-20(24)25/h1-7,19H,8-13H2,(H,24,25)/t19-/m1/s1. The fourth-order valence-electron chi connectivity index (χ4n) is 2.97. The molecule has 1 aliphatic rings. The first kappa shape index (κ1) is 20.0. The summed E-state index contributed by atoms with van der Waals surface area (Å²) in [6, 6.07) is 13.1. The number of hydrogen-bond donors (Lipinski definition) is 1. The summed E-state index contributed by atoms with van der Waals surface area (Å²) in [4.78, 5) is 12.9. The first-order chi connectivity index (χ1) is 13.0. The second kappa shape index (κ2) is 9.42. The number of carboxylic acids is 1. The van der Waals surface area contributed by atoms with Crippen LogP contribution in [-0.2, 0) is 16.1 Å². The fourth-order valence-corrected chi connectivity index (χ4v) is 3.47. The topological polar surface area (TPSA) is 59.0 Å². The minimum Gasteiger partial charge on any atom is -0.489 e. The average molecular weight is 410 g/mol. The van der Waals surface area contributed by atoms with Crippen molar-refractivity contribution in [2.24, 2.45) is 0 Å². The monoisotopic (exact) mass is 409 g/mol. The lowest BCUT2D eigenvalue weighted by atomic mass is 10.1. The lowest BCUT2D eigenvalue weighted by Gasteiger charge is -2.32. The first-order valence-electron chi connectivity index (χ1n) is 8.74. The van der Waals surface area contributed by atoms with Crippen molar-refractivity contribution in [2.75, 3.05) is 26.2 Å². The molecule has 2 aromatic carbocycles. The average Bonchev–Trinajstić information content (AvgIpc) is 2.67. The van der Waals surface area contributed by atoms with Gasteiger partial charge in [0.15, 0.2) is 0 Å². The van der Waals surface area contributed by atoms with E-state index in [0.717, 1.165) is 17.7 Å². The molecule has 1 saturated heterocycles. The second-order valence-electron chi connectivity index (χ2n) is 6.36. The zero-order valence-corrected chi connectivity index (χ0v) is 16.2. The van der Waals surface area contributed by atoms with Crippen molar-refractivity contribution >= 4 is 29.2 Å². The molecule has 27 heavy (non-hydrogen) atoms. The number of carbonyl (C=O) groups is 1. The van der Waals surface area contributed by atoms with Crippen LogP contribution in [0.5, 0.6) is 5.75 Å². The van der Waals surface area contributed by atoms with Crippen LogP contribution in [0.1, 0.15) is 23.7 Å². The van der Waals surface area contributed by atoms with E-state index in [1.807, 2.05) is 24.3 Å². The molecule has 0 aromatic heterocycles. The van der Waals surface area contributed by atoms with Gasteiger partial charge >= 0.3 is 5.97 Å². The van der Waals surface area contributed by atoms with E-state index >= 15 is 0 Å². The number of aliphatic carboxylic acids is 1. The Morgan fingerprint density at radius 2 is 1.89 bits per heavy atom. The molecule has 5 nitrogen and oxygen atoms in total. The van der Waals surface area contributed by atoms with Crippen molar-refractivity contribution in [3.05, 3.63) is 63.6 Å². The molecule has 0 unspecified atom stereocenters. The normalized spacial score (nSPS) is 17.6. The number of morpholine rings is 1. The number of rotatable bonds is 7. The van der Waals surface area contributed by atoms with Crippen LogP contribution in [0.2, 0.25) is 10.0 Å². The van der Waals surface area contributed by atoms with Gasteiger partial charge in [-0.2, -0.15) is 0 Å². The molecule has 144 valence electrons.